The Labute approximate surface area is 146 Å². The van der Waals surface area contributed by atoms with Crippen LogP contribution >= 0.6 is 11.6 Å². The highest BCUT2D eigenvalue weighted by Gasteiger charge is 1.96. The number of hydrogen-bond donors (Lipinski definition) is 1. The first-order valence-corrected chi connectivity index (χ1v) is 7.92. The summed E-state index contributed by atoms with van der Waals surface area (Å²) >= 11 is 5.80. The van der Waals surface area contributed by atoms with Gasteiger partial charge in [0.05, 0.1) is 12.8 Å². The molecule has 0 aromatic heterocycles. The third-order valence-corrected chi connectivity index (χ3v) is 3.22. The number of halogens is 1. The number of benzene rings is 2. The average molecular weight is 347 g/mol. The molecule has 0 radical (unpaired) electrons. The van der Waals surface area contributed by atoms with Crippen molar-refractivity contribution in [2.45, 2.75) is 13.3 Å². The second-order valence-corrected chi connectivity index (χ2v) is 5.46. The predicted octanol–water partition coefficient (Wildman–Crippen LogP) is 4.12. The lowest BCUT2D eigenvalue weighted by Crippen LogP contribution is -2.05. The monoisotopic (exact) mass is 346 g/mol. The number of carbonyl (C=O) groups excluding carboxylic acids is 1. The number of nitrogens with one attached hydrogen (secondary N) is 1. The van der Waals surface area contributed by atoms with Gasteiger partial charge in [0.25, 0.3) is 0 Å². The summed E-state index contributed by atoms with van der Waals surface area (Å²) < 4.78 is 5.55. The maximum Gasteiger partial charge on any atom is 0.221 e. The molecule has 24 heavy (non-hydrogen) atoms. The van der Waals surface area contributed by atoms with Crippen molar-refractivity contribution < 1.29 is 14.4 Å². The summed E-state index contributed by atoms with van der Waals surface area (Å²) in [6.07, 6.45) is 2.35. The topological polar surface area (TPSA) is 59.9 Å². The summed E-state index contributed by atoms with van der Waals surface area (Å²) in [6.45, 7) is 2.48. The standard InChI is InChI=1S/C18H19ClN2O3/c1-14(22)21-17-7-3-15(4-8-17)13-20-24-12-2-11-23-18-9-5-16(19)6-10-18/h3-10,13H,2,11-12H2,1H3,(H,21,22). The number of oxime groups is 1. The number of ether oxygens (including phenoxy) is 1. The molecule has 0 fully saturated rings. The SMILES string of the molecule is CC(=O)Nc1ccc(C=NOCCCOc2ccc(Cl)cc2)cc1. The van der Waals surface area contributed by atoms with E-state index in [0.717, 1.165) is 23.4 Å². The summed E-state index contributed by atoms with van der Waals surface area (Å²) in [6, 6.07) is 14.5. The number of hydrogen-bond acceptors (Lipinski definition) is 4. The molecule has 2 rings (SSSR count). The van der Waals surface area contributed by atoms with Gasteiger partial charge in [-0.2, -0.15) is 0 Å². The molecule has 0 aliphatic heterocycles. The molecule has 5 nitrogen and oxygen atoms in total. The molecule has 6 heteroatoms. The fourth-order valence-electron chi connectivity index (χ4n) is 1.85. The number of rotatable bonds is 8. The zero-order valence-electron chi connectivity index (χ0n) is 13.4. The minimum Gasteiger partial charge on any atom is -0.493 e. The molecule has 1 N–H and O–H groups in total. The fourth-order valence-corrected chi connectivity index (χ4v) is 1.98. The van der Waals surface area contributed by atoms with Gasteiger partial charge in [-0.25, -0.2) is 0 Å². The lowest BCUT2D eigenvalue weighted by atomic mass is 10.2. The Bertz CT molecular complexity index is 670. The van der Waals surface area contributed by atoms with Crippen LogP contribution in [0.5, 0.6) is 5.75 Å². The molecule has 0 spiro atoms. The van der Waals surface area contributed by atoms with Crippen LogP contribution in [0, 0.1) is 0 Å². The molecule has 2 aromatic carbocycles. The second-order valence-electron chi connectivity index (χ2n) is 5.03. The van der Waals surface area contributed by atoms with Gasteiger partial charge in [-0.15, -0.1) is 0 Å². The van der Waals surface area contributed by atoms with Crippen LogP contribution < -0.4 is 10.1 Å². The minimum absolute atomic E-state index is 0.0967. The molecular formula is C18H19ClN2O3. The largest absolute Gasteiger partial charge is 0.493 e. The van der Waals surface area contributed by atoms with Crippen molar-refractivity contribution in [1.82, 2.24) is 0 Å². The molecule has 0 saturated carbocycles. The Morgan fingerprint density at radius 2 is 1.83 bits per heavy atom. The maximum atomic E-state index is 10.9. The van der Waals surface area contributed by atoms with Crippen molar-refractivity contribution in [3.63, 3.8) is 0 Å². The van der Waals surface area contributed by atoms with Gasteiger partial charge in [-0.05, 0) is 42.0 Å². The van der Waals surface area contributed by atoms with E-state index in [-0.39, 0.29) is 5.91 Å². The first-order chi connectivity index (χ1) is 11.6. The van der Waals surface area contributed by atoms with Gasteiger partial charge in [0, 0.05) is 24.1 Å². The van der Waals surface area contributed by atoms with Crippen molar-refractivity contribution in [2.75, 3.05) is 18.5 Å². The van der Waals surface area contributed by atoms with Crippen molar-refractivity contribution in [2.24, 2.45) is 5.16 Å². The van der Waals surface area contributed by atoms with E-state index in [1.165, 1.54) is 6.92 Å². The lowest BCUT2D eigenvalue weighted by Gasteiger charge is -2.05. The lowest BCUT2D eigenvalue weighted by molar-refractivity contribution is -0.114. The van der Waals surface area contributed by atoms with E-state index in [1.54, 1.807) is 18.3 Å². The van der Waals surface area contributed by atoms with Crippen LogP contribution in [0.1, 0.15) is 18.9 Å². The van der Waals surface area contributed by atoms with Gasteiger partial charge in [-0.3, -0.25) is 4.79 Å². The van der Waals surface area contributed by atoms with Gasteiger partial charge in [0.1, 0.15) is 12.4 Å². The minimum atomic E-state index is -0.0967. The Hall–Kier alpha value is -2.53. The summed E-state index contributed by atoms with van der Waals surface area (Å²) in [7, 11) is 0. The van der Waals surface area contributed by atoms with E-state index >= 15 is 0 Å². The van der Waals surface area contributed by atoms with Gasteiger partial charge in [-0.1, -0.05) is 28.9 Å². The molecule has 0 heterocycles. The molecule has 126 valence electrons. The van der Waals surface area contributed by atoms with E-state index in [9.17, 15) is 4.79 Å². The highest BCUT2D eigenvalue weighted by molar-refractivity contribution is 6.30. The highest BCUT2D eigenvalue weighted by atomic mass is 35.5. The normalized spacial score (nSPS) is 10.6. The zero-order valence-corrected chi connectivity index (χ0v) is 14.1. The summed E-state index contributed by atoms with van der Waals surface area (Å²) in [5.41, 5.74) is 1.64. The van der Waals surface area contributed by atoms with Crippen LogP contribution in [0.3, 0.4) is 0 Å². The first kappa shape index (κ1) is 17.8. The number of amides is 1. The van der Waals surface area contributed by atoms with E-state index in [2.05, 4.69) is 10.5 Å². The first-order valence-electron chi connectivity index (χ1n) is 7.55. The third kappa shape index (κ3) is 6.71. The third-order valence-electron chi connectivity index (χ3n) is 2.97. The molecule has 0 aliphatic rings. The summed E-state index contributed by atoms with van der Waals surface area (Å²) in [5, 5.41) is 7.29. The van der Waals surface area contributed by atoms with Crippen LogP contribution in [-0.2, 0) is 9.63 Å². The molecule has 0 aliphatic carbocycles. The maximum absolute atomic E-state index is 10.9. The molecular weight excluding hydrogens is 328 g/mol. The van der Waals surface area contributed by atoms with E-state index < -0.39 is 0 Å². The van der Waals surface area contributed by atoms with Crippen LogP contribution in [0.25, 0.3) is 0 Å². The van der Waals surface area contributed by atoms with Gasteiger partial charge >= 0.3 is 0 Å². The number of anilines is 1. The molecule has 0 saturated heterocycles. The molecule has 0 atom stereocenters. The average Bonchev–Trinajstić information content (AvgIpc) is 2.56. The van der Waals surface area contributed by atoms with Crippen molar-refractivity contribution in [3.8, 4) is 5.75 Å². The fraction of sp³-hybridized carbons (Fsp3) is 0.222. The number of nitrogens with zero attached hydrogens (tertiary/aromatic N) is 1. The molecule has 0 bridgehead atoms. The van der Waals surface area contributed by atoms with Crippen molar-refractivity contribution in [3.05, 3.63) is 59.1 Å². The summed E-state index contributed by atoms with van der Waals surface area (Å²) in [4.78, 5) is 16.1. The highest BCUT2D eigenvalue weighted by Crippen LogP contribution is 2.15. The Balaban J connectivity index is 1.62. The van der Waals surface area contributed by atoms with Crippen molar-refractivity contribution in [1.29, 1.82) is 0 Å². The van der Waals surface area contributed by atoms with Crippen LogP contribution in [0.15, 0.2) is 53.7 Å². The predicted molar refractivity (Wildman–Crippen MR) is 95.9 cm³/mol. The number of carbonyl (C=O) groups is 1. The van der Waals surface area contributed by atoms with Crippen molar-refractivity contribution >= 4 is 29.4 Å². The van der Waals surface area contributed by atoms with Gasteiger partial charge in [0.15, 0.2) is 0 Å². The smallest absolute Gasteiger partial charge is 0.221 e. The molecule has 1 amide bonds. The van der Waals surface area contributed by atoms with Crippen LogP contribution in [0.2, 0.25) is 5.02 Å². The van der Waals surface area contributed by atoms with Gasteiger partial charge in [0.2, 0.25) is 5.91 Å². The Kier molecular flexibility index (Phi) is 7.11. The Morgan fingerprint density at radius 1 is 1.12 bits per heavy atom. The Morgan fingerprint density at radius 3 is 2.50 bits per heavy atom. The van der Waals surface area contributed by atoms with Crippen LogP contribution in [-0.4, -0.2) is 25.3 Å². The van der Waals surface area contributed by atoms with Crippen LogP contribution in [0.4, 0.5) is 5.69 Å². The second kappa shape index (κ2) is 9.57. The van der Waals surface area contributed by atoms with E-state index in [0.29, 0.717) is 18.2 Å². The molecule has 2 aromatic rings. The molecule has 0 unspecified atom stereocenters. The quantitative estimate of drug-likeness (QED) is 0.444. The summed E-state index contributed by atoms with van der Waals surface area (Å²) in [5.74, 6) is 0.683. The zero-order chi connectivity index (χ0) is 17.2. The van der Waals surface area contributed by atoms with E-state index in [4.69, 9.17) is 21.2 Å². The van der Waals surface area contributed by atoms with Gasteiger partial charge < -0.3 is 14.9 Å². The van der Waals surface area contributed by atoms with E-state index in [1.807, 2.05) is 36.4 Å².